The molecule has 1 aromatic carbocycles. The summed E-state index contributed by atoms with van der Waals surface area (Å²) in [5, 5.41) is 18.1. The van der Waals surface area contributed by atoms with Gasteiger partial charge in [0.15, 0.2) is 0 Å². The van der Waals surface area contributed by atoms with E-state index >= 15 is 0 Å². The molecule has 1 saturated heterocycles. The number of hydrogen-bond donors (Lipinski definition) is 2. The topological polar surface area (TPSA) is 94.9 Å². The Bertz CT molecular complexity index is 646. The Morgan fingerprint density at radius 1 is 1.38 bits per heavy atom. The molecule has 0 saturated carbocycles. The third-order valence-corrected chi connectivity index (χ3v) is 5.82. The Kier molecular flexibility index (Phi) is 4.88. The monoisotopic (exact) mass is 333 g/mol. The zero-order valence-electron chi connectivity index (χ0n) is 11.2. The Morgan fingerprint density at radius 3 is 2.67 bits per heavy atom. The molecule has 1 aliphatic heterocycles. The predicted octanol–water partition coefficient (Wildman–Crippen LogP) is 1.57. The van der Waals surface area contributed by atoms with Gasteiger partial charge in [-0.05, 0) is 31.0 Å². The number of carbonyl (C=O) groups is 1. The molecule has 1 unspecified atom stereocenters. The fraction of sp³-hybridized carbons (Fsp3) is 0.462. The van der Waals surface area contributed by atoms with Crippen LogP contribution in [0.4, 0.5) is 0 Å². The molecule has 1 fully saturated rings. The molecule has 1 aromatic rings. The quantitative estimate of drug-likeness (QED) is 0.872. The van der Waals surface area contributed by atoms with E-state index in [2.05, 4.69) is 0 Å². The van der Waals surface area contributed by atoms with Crippen LogP contribution in [0.25, 0.3) is 0 Å². The van der Waals surface area contributed by atoms with Crippen molar-refractivity contribution >= 4 is 27.6 Å². The number of rotatable bonds is 4. The first kappa shape index (κ1) is 16.2. The van der Waals surface area contributed by atoms with Crippen LogP contribution in [0.5, 0.6) is 0 Å². The maximum Gasteiger partial charge on any atom is 0.337 e. The van der Waals surface area contributed by atoms with Gasteiger partial charge in [-0.3, -0.25) is 0 Å². The Morgan fingerprint density at radius 2 is 2.10 bits per heavy atom. The number of benzene rings is 1. The summed E-state index contributed by atoms with van der Waals surface area (Å²) >= 11 is 5.83. The van der Waals surface area contributed by atoms with Crippen LogP contribution < -0.4 is 0 Å². The summed E-state index contributed by atoms with van der Waals surface area (Å²) in [5.41, 5.74) is -0.145. The lowest BCUT2D eigenvalue weighted by Crippen LogP contribution is -2.45. The van der Waals surface area contributed by atoms with E-state index in [1.54, 1.807) is 0 Å². The summed E-state index contributed by atoms with van der Waals surface area (Å²) in [6.45, 7) is 0.103. The Hall–Kier alpha value is -1.15. The smallest absolute Gasteiger partial charge is 0.337 e. The molecule has 21 heavy (non-hydrogen) atoms. The summed E-state index contributed by atoms with van der Waals surface area (Å²) in [6, 6.07) is 3.11. The second-order valence-corrected chi connectivity index (χ2v) is 7.19. The van der Waals surface area contributed by atoms with E-state index in [1.165, 1.54) is 16.4 Å². The fourth-order valence-corrected chi connectivity index (χ4v) is 4.48. The number of piperidine rings is 1. The highest BCUT2D eigenvalue weighted by atomic mass is 35.5. The second-order valence-electron chi connectivity index (χ2n) is 4.89. The minimum Gasteiger partial charge on any atom is -0.478 e. The van der Waals surface area contributed by atoms with E-state index < -0.39 is 22.0 Å². The molecule has 2 N–H and O–H groups in total. The van der Waals surface area contributed by atoms with Crippen LogP contribution in [0.15, 0.2) is 23.1 Å². The summed E-state index contributed by atoms with van der Waals surface area (Å²) < 4.78 is 26.5. The van der Waals surface area contributed by atoms with Crippen molar-refractivity contribution in [2.75, 3.05) is 13.2 Å². The number of carboxylic acid groups (broad SMARTS) is 1. The molecule has 0 spiro atoms. The van der Waals surface area contributed by atoms with E-state index in [1.807, 2.05) is 0 Å². The number of aliphatic hydroxyl groups excluding tert-OH is 1. The average Bonchev–Trinajstić information content (AvgIpc) is 2.46. The number of halogens is 1. The first-order valence-corrected chi connectivity index (χ1v) is 8.35. The van der Waals surface area contributed by atoms with Crippen LogP contribution in [-0.4, -0.2) is 48.1 Å². The molecule has 1 aliphatic rings. The molecule has 8 heteroatoms. The third kappa shape index (κ3) is 3.21. The highest BCUT2D eigenvalue weighted by Gasteiger charge is 2.33. The average molecular weight is 334 g/mol. The largest absolute Gasteiger partial charge is 0.478 e. The van der Waals surface area contributed by atoms with Crippen LogP contribution in [0.3, 0.4) is 0 Å². The molecule has 1 heterocycles. The molecule has 0 aliphatic carbocycles. The lowest BCUT2D eigenvalue weighted by molar-refractivity contribution is 0.0697. The summed E-state index contributed by atoms with van der Waals surface area (Å²) in [5.74, 6) is -1.21. The normalized spacial score (nSPS) is 20.4. The van der Waals surface area contributed by atoms with Gasteiger partial charge in [-0.2, -0.15) is 4.31 Å². The zero-order valence-corrected chi connectivity index (χ0v) is 12.8. The minimum atomic E-state index is -3.79. The van der Waals surface area contributed by atoms with Crippen LogP contribution in [0.1, 0.15) is 29.6 Å². The maximum absolute atomic E-state index is 12.6. The molecule has 116 valence electrons. The van der Waals surface area contributed by atoms with Crippen molar-refractivity contribution in [1.82, 2.24) is 4.31 Å². The van der Waals surface area contributed by atoms with Gasteiger partial charge in [-0.15, -0.1) is 0 Å². The SMILES string of the molecule is O=C(O)c1ccc(S(=O)(=O)N2CCCCC2CO)cc1Cl. The summed E-state index contributed by atoms with van der Waals surface area (Å²) in [4.78, 5) is 10.8. The van der Waals surface area contributed by atoms with Gasteiger partial charge in [0.25, 0.3) is 0 Å². The van der Waals surface area contributed by atoms with Gasteiger partial charge in [0.05, 0.1) is 22.1 Å². The predicted molar refractivity (Wildman–Crippen MR) is 77.0 cm³/mol. The lowest BCUT2D eigenvalue weighted by atomic mass is 10.1. The van der Waals surface area contributed by atoms with Gasteiger partial charge in [-0.25, -0.2) is 13.2 Å². The number of aliphatic hydroxyl groups is 1. The Labute approximate surface area is 128 Å². The first-order chi connectivity index (χ1) is 9.87. The highest BCUT2D eigenvalue weighted by Crippen LogP contribution is 2.28. The number of hydrogen-bond acceptors (Lipinski definition) is 4. The van der Waals surface area contributed by atoms with Gasteiger partial charge < -0.3 is 10.2 Å². The first-order valence-electron chi connectivity index (χ1n) is 6.53. The van der Waals surface area contributed by atoms with E-state index in [4.69, 9.17) is 16.7 Å². The second kappa shape index (κ2) is 6.31. The maximum atomic E-state index is 12.6. The zero-order chi connectivity index (χ0) is 15.6. The molecule has 0 radical (unpaired) electrons. The molecule has 0 bridgehead atoms. The van der Waals surface area contributed by atoms with Crippen molar-refractivity contribution in [3.8, 4) is 0 Å². The number of nitrogens with zero attached hydrogens (tertiary/aromatic N) is 1. The van der Waals surface area contributed by atoms with Crippen LogP contribution >= 0.6 is 11.6 Å². The molecule has 2 rings (SSSR count). The molecule has 6 nitrogen and oxygen atoms in total. The van der Waals surface area contributed by atoms with Crippen LogP contribution in [0.2, 0.25) is 5.02 Å². The van der Waals surface area contributed by atoms with Crippen LogP contribution in [-0.2, 0) is 10.0 Å². The fourth-order valence-electron chi connectivity index (χ4n) is 2.44. The van der Waals surface area contributed by atoms with Gasteiger partial charge in [0, 0.05) is 12.6 Å². The van der Waals surface area contributed by atoms with Crippen molar-refractivity contribution in [3.63, 3.8) is 0 Å². The van der Waals surface area contributed by atoms with Crippen LogP contribution in [0, 0.1) is 0 Å². The van der Waals surface area contributed by atoms with Crippen molar-refractivity contribution in [2.45, 2.75) is 30.2 Å². The van der Waals surface area contributed by atoms with E-state index in [0.29, 0.717) is 13.0 Å². The molecule has 0 amide bonds. The van der Waals surface area contributed by atoms with E-state index in [9.17, 15) is 18.3 Å². The minimum absolute atomic E-state index is 0.0575. The number of carboxylic acids is 1. The van der Waals surface area contributed by atoms with Crippen molar-refractivity contribution in [3.05, 3.63) is 28.8 Å². The number of sulfonamides is 1. The van der Waals surface area contributed by atoms with Crippen molar-refractivity contribution < 1.29 is 23.4 Å². The highest BCUT2D eigenvalue weighted by molar-refractivity contribution is 7.89. The van der Waals surface area contributed by atoms with Gasteiger partial charge >= 0.3 is 5.97 Å². The van der Waals surface area contributed by atoms with E-state index in [-0.39, 0.29) is 22.1 Å². The summed E-state index contributed by atoms with van der Waals surface area (Å²) in [7, 11) is -3.79. The van der Waals surface area contributed by atoms with Gasteiger partial charge in [-0.1, -0.05) is 18.0 Å². The van der Waals surface area contributed by atoms with E-state index in [0.717, 1.165) is 18.9 Å². The van der Waals surface area contributed by atoms with Gasteiger partial charge in [0.2, 0.25) is 10.0 Å². The Balaban J connectivity index is 2.39. The summed E-state index contributed by atoms with van der Waals surface area (Å²) in [6.07, 6.45) is 2.21. The number of aromatic carboxylic acids is 1. The standard InChI is InChI=1S/C13H16ClNO5S/c14-12-7-10(4-5-11(12)13(17)18)21(19,20)15-6-2-1-3-9(15)8-16/h4-5,7,9,16H,1-3,6,8H2,(H,17,18). The van der Waals surface area contributed by atoms with Crippen molar-refractivity contribution in [2.24, 2.45) is 0 Å². The molecule has 0 aromatic heterocycles. The lowest BCUT2D eigenvalue weighted by Gasteiger charge is -2.33. The molecular weight excluding hydrogens is 318 g/mol. The van der Waals surface area contributed by atoms with Gasteiger partial charge in [0.1, 0.15) is 0 Å². The molecule has 1 atom stereocenters. The van der Waals surface area contributed by atoms with Crippen molar-refractivity contribution in [1.29, 1.82) is 0 Å². The third-order valence-electron chi connectivity index (χ3n) is 3.56. The molecular formula is C13H16ClNO5S.